The van der Waals surface area contributed by atoms with Crippen molar-refractivity contribution in [2.24, 2.45) is 0 Å². The number of rotatable bonds is 53. The van der Waals surface area contributed by atoms with Crippen molar-refractivity contribution in [3.05, 3.63) is 109 Å². The molecule has 2 fully saturated rings. The average Bonchev–Trinajstić information content (AvgIpc) is 3.70. The van der Waals surface area contributed by atoms with Gasteiger partial charge in [-0.3, -0.25) is 4.79 Å². The van der Waals surface area contributed by atoms with E-state index < -0.39 is 86.8 Å². The lowest BCUT2D eigenvalue weighted by atomic mass is 9.97. The summed E-state index contributed by atoms with van der Waals surface area (Å²) >= 11 is 0. The minimum atomic E-state index is -1.79. The van der Waals surface area contributed by atoms with Gasteiger partial charge in [0.05, 0.1) is 32.0 Å². The van der Waals surface area contributed by atoms with Crippen LogP contribution in [0.5, 0.6) is 0 Å². The summed E-state index contributed by atoms with van der Waals surface area (Å²) in [4.78, 5) is 13.3. The second-order valence-electron chi connectivity index (χ2n) is 23.2. The van der Waals surface area contributed by atoms with E-state index in [2.05, 4.69) is 129 Å². The smallest absolute Gasteiger partial charge is 0.220 e. The molecule has 2 aliphatic rings. The summed E-state index contributed by atoms with van der Waals surface area (Å²) in [5.74, 6) is -0.221. The molecular formula is C71H121NO13. The number of allylic oxidation sites excluding steroid dienone is 18. The van der Waals surface area contributed by atoms with E-state index in [1.165, 1.54) is 83.5 Å². The van der Waals surface area contributed by atoms with Crippen LogP contribution in [0.2, 0.25) is 0 Å². The van der Waals surface area contributed by atoms with Crippen molar-refractivity contribution in [3.63, 3.8) is 0 Å². The molecule has 12 unspecified atom stereocenters. The Hall–Kier alpha value is -3.35. The molecule has 0 spiro atoms. The van der Waals surface area contributed by atoms with Crippen LogP contribution in [0.1, 0.15) is 239 Å². The zero-order valence-corrected chi connectivity index (χ0v) is 52.8. The van der Waals surface area contributed by atoms with E-state index in [9.17, 15) is 45.6 Å². The van der Waals surface area contributed by atoms with Crippen LogP contribution in [-0.4, -0.2) is 140 Å². The van der Waals surface area contributed by atoms with Gasteiger partial charge in [-0.15, -0.1) is 0 Å². The molecule has 1 amide bonds. The van der Waals surface area contributed by atoms with Crippen molar-refractivity contribution in [1.82, 2.24) is 5.32 Å². The summed E-state index contributed by atoms with van der Waals surface area (Å²) in [5.41, 5.74) is 0. The lowest BCUT2D eigenvalue weighted by Gasteiger charge is -2.46. The first kappa shape index (κ1) is 77.7. The van der Waals surface area contributed by atoms with E-state index in [-0.39, 0.29) is 18.9 Å². The molecule has 14 nitrogen and oxygen atoms in total. The van der Waals surface area contributed by atoms with Gasteiger partial charge >= 0.3 is 0 Å². The Labute approximate surface area is 515 Å². The molecule has 85 heavy (non-hydrogen) atoms. The molecule has 0 aromatic carbocycles. The highest BCUT2D eigenvalue weighted by molar-refractivity contribution is 5.76. The van der Waals surface area contributed by atoms with Crippen LogP contribution < -0.4 is 5.32 Å². The summed E-state index contributed by atoms with van der Waals surface area (Å²) in [6.07, 6.45) is 60.9. The molecule has 0 aromatic rings. The Balaban J connectivity index is 1.67. The zero-order valence-electron chi connectivity index (χ0n) is 52.8. The summed E-state index contributed by atoms with van der Waals surface area (Å²) < 4.78 is 22.9. The number of amides is 1. The number of hydrogen-bond donors (Lipinski definition) is 9. The molecule has 0 saturated carbocycles. The molecule has 2 heterocycles. The lowest BCUT2D eigenvalue weighted by Crippen LogP contribution is -2.65. The predicted octanol–water partition coefficient (Wildman–Crippen LogP) is 13.2. The third-order valence-electron chi connectivity index (χ3n) is 15.8. The topological polar surface area (TPSA) is 228 Å². The van der Waals surface area contributed by atoms with Crippen molar-refractivity contribution in [3.8, 4) is 0 Å². The van der Waals surface area contributed by atoms with Crippen molar-refractivity contribution in [2.75, 3.05) is 19.8 Å². The maximum absolute atomic E-state index is 13.3. The fraction of sp³-hybridized carbons (Fsp3) is 0.732. The lowest BCUT2D eigenvalue weighted by molar-refractivity contribution is -0.359. The van der Waals surface area contributed by atoms with Crippen LogP contribution in [0.25, 0.3) is 0 Å². The molecule has 0 bridgehead atoms. The van der Waals surface area contributed by atoms with E-state index in [1.807, 2.05) is 0 Å². The number of hydrogen-bond acceptors (Lipinski definition) is 13. The van der Waals surface area contributed by atoms with Crippen LogP contribution in [0.3, 0.4) is 0 Å². The second kappa shape index (κ2) is 54.8. The third-order valence-corrected chi connectivity index (χ3v) is 15.8. The van der Waals surface area contributed by atoms with Gasteiger partial charge in [-0.05, 0) is 83.5 Å². The van der Waals surface area contributed by atoms with Gasteiger partial charge in [0.25, 0.3) is 0 Å². The summed E-state index contributed by atoms with van der Waals surface area (Å²) in [7, 11) is 0. The van der Waals surface area contributed by atoms with E-state index in [1.54, 1.807) is 0 Å². The van der Waals surface area contributed by atoms with Crippen molar-refractivity contribution >= 4 is 5.91 Å². The van der Waals surface area contributed by atoms with Crippen LogP contribution >= 0.6 is 0 Å². The highest BCUT2D eigenvalue weighted by atomic mass is 16.7. The fourth-order valence-corrected chi connectivity index (χ4v) is 10.4. The molecule has 12 atom stereocenters. The van der Waals surface area contributed by atoms with Gasteiger partial charge < -0.3 is 65.1 Å². The standard InChI is InChI=1S/C71H121NO13/c1-3-5-7-9-11-13-15-17-19-21-22-23-24-25-26-27-28-29-30-31-32-33-34-35-36-37-38-39-41-43-45-47-49-51-53-55-63(76)72-59(60(75)54-52-50-48-46-44-42-40-20-18-16-14-12-10-8-6-4-2)58-82-70-68(81)66(79)69(62(57-74)84-70)85-71-67(80)65(78)64(77)61(56-73)83-71/h5,7,11,13,17,19,22-23,25-26,28-29,31-32,34-35,37-38,59-62,64-71,73-75,77-81H,3-4,6,8-10,12,14-16,18,20-21,24,27,30,33,36,39-58H2,1-2H3,(H,72,76)/b7-5-,13-11-,19-17-,23-22-,26-25-,29-28-,32-31-,35-34-,38-37-. The number of carbonyl (C=O) groups excluding carboxylic acids is 1. The molecule has 9 N–H and O–H groups in total. The van der Waals surface area contributed by atoms with Crippen LogP contribution in [0.15, 0.2) is 109 Å². The minimum absolute atomic E-state index is 0.221. The summed E-state index contributed by atoms with van der Waals surface area (Å²) in [6.45, 7) is 2.74. The average molecular weight is 1200 g/mol. The summed E-state index contributed by atoms with van der Waals surface area (Å²) in [5, 5.41) is 87.4. The Morgan fingerprint density at radius 1 is 0.435 bits per heavy atom. The number of carbonyl (C=O) groups is 1. The fourth-order valence-electron chi connectivity index (χ4n) is 10.4. The van der Waals surface area contributed by atoms with Gasteiger partial charge in [0, 0.05) is 6.42 Å². The predicted molar refractivity (Wildman–Crippen MR) is 345 cm³/mol. The molecule has 0 aromatic heterocycles. The number of aliphatic hydroxyl groups excluding tert-OH is 8. The van der Waals surface area contributed by atoms with Gasteiger partial charge in [0.15, 0.2) is 12.6 Å². The third kappa shape index (κ3) is 39.3. The normalized spacial score (nSPS) is 24.3. The summed E-state index contributed by atoms with van der Waals surface area (Å²) in [6, 6.07) is -0.843. The molecular weight excluding hydrogens is 1070 g/mol. The number of unbranched alkanes of at least 4 members (excludes halogenated alkanes) is 22. The van der Waals surface area contributed by atoms with Crippen molar-refractivity contribution in [1.29, 1.82) is 0 Å². The van der Waals surface area contributed by atoms with Crippen LogP contribution in [-0.2, 0) is 23.7 Å². The maximum atomic E-state index is 13.3. The maximum Gasteiger partial charge on any atom is 0.220 e. The monoisotopic (exact) mass is 1200 g/mol. The Kier molecular flexibility index (Phi) is 50.1. The first-order valence-electron chi connectivity index (χ1n) is 33.6. The first-order valence-corrected chi connectivity index (χ1v) is 33.6. The van der Waals surface area contributed by atoms with Gasteiger partial charge in [0.2, 0.25) is 5.91 Å². The second-order valence-corrected chi connectivity index (χ2v) is 23.2. The van der Waals surface area contributed by atoms with Gasteiger partial charge in [0.1, 0.15) is 48.8 Å². The molecule has 2 aliphatic heterocycles. The molecule has 0 aliphatic carbocycles. The SMILES string of the molecule is CC/C=C\C/C=C\C/C=C\C/C=C\C/C=C\C/C=C\C/C=C\C/C=C\C/C=C\CCCCCCCCCC(=O)NC(COC1OC(CO)C(OC2OC(CO)C(O)C(O)C2O)C(O)C1O)C(O)CCCCCCCCCCCCCCCCCC. The van der Waals surface area contributed by atoms with Crippen LogP contribution in [0.4, 0.5) is 0 Å². The van der Waals surface area contributed by atoms with Gasteiger partial charge in [-0.2, -0.15) is 0 Å². The molecule has 2 rings (SSSR count). The minimum Gasteiger partial charge on any atom is -0.394 e. The van der Waals surface area contributed by atoms with E-state index in [0.29, 0.717) is 12.8 Å². The van der Waals surface area contributed by atoms with Gasteiger partial charge in [-0.25, -0.2) is 0 Å². The van der Waals surface area contributed by atoms with E-state index in [4.69, 9.17) is 18.9 Å². The van der Waals surface area contributed by atoms with Crippen molar-refractivity contribution < 1.29 is 64.6 Å². The molecule has 2 saturated heterocycles. The molecule has 14 heteroatoms. The number of aliphatic hydroxyl groups is 8. The molecule has 488 valence electrons. The van der Waals surface area contributed by atoms with Gasteiger partial charge in [-0.1, -0.05) is 258 Å². The molecule has 0 radical (unpaired) electrons. The quantitative estimate of drug-likeness (QED) is 0.0204. The van der Waals surface area contributed by atoms with E-state index >= 15 is 0 Å². The number of ether oxygens (including phenoxy) is 4. The largest absolute Gasteiger partial charge is 0.394 e. The Morgan fingerprint density at radius 3 is 1.25 bits per heavy atom. The van der Waals surface area contributed by atoms with Crippen LogP contribution in [0, 0.1) is 0 Å². The first-order chi connectivity index (χ1) is 41.6. The van der Waals surface area contributed by atoms with E-state index in [0.717, 1.165) is 122 Å². The number of nitrogens with one attached hydrogen (secondary N) is 1. The Morgan fingerprint density at radius 2 is 0.812 bits per heavy atom. The highest BCUT2D eigenvalue weighted by Crippen LogP contribution is 2.30. The zero-order chi connectivity index (χ0) is 61.6. The van der Waals surface area contributed by atoms with Crippen molar-refractivity contribution in [2.45, 2.75) is 312 Å². The Bertz CT molecular complexity index is 1840. The highest BCUT2D eigenvalue weighted by Gasteiger charge is 2.51.